The smallest absolute Gasteiger partial charge is 0.203 e. The predicted molar refractivity (Wildman–Crippen MR) is 98.6 cm³/mol. The van der Waals surface area contributed by atoms with Crippen LogP contribution in [0.1, 0.15) is 29.1 Å². The molecule has 0 bridgehead atoms. The van der Waals surface area contributed by atoms with Crippen LogP contribution in [0.25, 0.3) is 12.2 Å². The number of rotatable bonds is 5. The summed E-state index contributed by atoms with van der Waals surface area (Å²) in [6.07, 6.45) is 7.50. The Morgan fingerprint density at radius 3 is 2.46 bits per heavy atom. The Kier molecular flexibility index (Phi) is 5.25. The molecule has 0 unspecified atom stereocenters. The molecule has 1 N–H and O–H groups in total. The fourth-order valence-corrected chi connectivity index (χ4v) is 3.67. The van der Waals surface area contributed by atoms with Gasteiger partial charge in [-0.2, -0.15) is 0 Å². The summed E-state index contributed by atoms with van der Waals surface area (Å²) in [6.45, 7) is 1.03. The molecular formula is C18H22N2O3S. The maximum atomic E-state index is 5.39. The Labute approximate surface area is 146 Å². The minimum absolute atomic E-state index is 0.599. The number of methoxy groups -OCH3 is 3. The highest BCUT2D eigenvalue weighted by molar-refractivity contribution is 7.16. The molecule has 2 aromatic rings. The second-order valence-corrected chi connectivity index (χ2v) is 6.53. The highest BCUT2D eigenvalue weighted by Gasteiger charge is 2.14. The fraction of sp³-hybridized carbons (Fsp3) is 0.389. The Morgan fingerprint density at radius 1 is 1.04 bits per heavy atom. The van der Waals surface area contributed by atoms with E-state index in [0.717, 1.165) is 23.5 Å². The van der Waals surface area contributed by atoms with Gasteiger partial charge >= 0.3 is 0 Å². The Hall–Kier alpha value is -2.21. The van der Waals surface area contributed by atoms with Gasteiger partial charge in [0.25, 0.3) is 0 Å². The maximum Gasteiger partial charge on any atom is 0.203 e. The third kappa shape index (κ3) is 3.48. The summed E-state index contributed by atoms with van der Waals surface area (Å²) >= 11 is 1.70. The summed E-state index contributed by atoms with van der Waals surface area (Å²) in [5, 5.41) is 5.67. The number of hydrogen-bond donors (Lipinski definition) is 1. The molecule has 0 atom stereocenters. The van der Waals surface area contributed by atoms with E-state index in [2.05, 4.69) is 5.32 Å². The molecule has 1 aromatic heterocycles. The zero-order chi connectivity index (χ0) is 16.9. The van der Waals surface area contributed by atoms with E-state index in [1.807, 2.05) is 24.3 Å². The molecule has 24 heavy (non-hydrogen) atoms. The number of benzene rings is 1. The van der Waals surface area contributed by atoms with Gasteiger partial charge in [-0.3, -0.25) is 0 Å². The lowest BCUT2D eigenvalue weighted by molar-refractivity contribution is 0.324. The van der Waals surface area contributed by atoms with Gasteiger partial charge in [0, 0.05) is 6.54 Å². The number of hydrogen-bond acceptors (Lipinski definition) is 6. The first-order valence-electron chi connectivity index (χ1n) is 7.97. The van der Waals surface area contributed by atoms with E-state index >= 15 is 0 Å². The topological polar surface area (TPSA) is 52.6 Å². The predicted octanol–water partition coefficient (Wildman–Crippen LogP) is 4.09. The number of anilines is 1. The number of aromatic nitrogens is 1. The van der Waals surface area contributed by atoms with Crippen molar-refractivity contribution in [1.82, 2.24) is 4.98 Å². The number of nitrogens with zero attached hydrogens (tertiary/aromatic N) is 1. The molecule has 3 rings (SSSR count). The van der Waals surface area contributed by atoms with Crippen molar-refractivity contribution in [2.45, 2.75) is 19.3 Å². The van der Waals surface area contributed by atoms with Crippen LogP contribution in [0.15, 0.2) is 12.1 Å². The SMILES string of the molecule is COc1cc(/C=C/c2nc3c(s2)NCCCC3)cc(OC)c1OC. The van der Waals surface area contributed by atoms with E-state index < -0.39 is 0 Å². The monoisotopic (exact) mass is 346 g/mol. The molecule has 1 aliphatic heterocycles. The van der Waals surface area contributed by atoms with Crippen molar-refractivity contribution in [3.05, 3.63) is 28.4 Å². The molecule has 5 nitrogen and oxygen atoms in total. The van der Waals surface area contributed by atoms with Crippen LogP contribution in [0.4, 0.5) is 5.00 Å². The Balaban J connectivity index is 1.86. The zero-order valence-electron chi connectivity index (χ0n) is 14.2. The van der Waals surface area contributed by atoms with Gasteiger partial charge in [-0.05, 0) is 43.0 Å². The lowest BCUT2D eigenvalue weighted by Gasteiger charge is -2.12. The zero-order valence-corrected chi connectivity index (χ0v) is 15.0. The summed E-state index contributed by atoms with van der Waals surface area (Å²) < 4.78 is 16.1. The lowest BCUT2D eigenvalue weighted by Crippen LogP contribution is -1.96. The van der Waals surface area contributed by atoms with Crippen molar-refractivity contribution in [3.8, 4) is 17.2 Å². The van der Waals surface area contributed by atoms with E-state index in [1.165, 1.54) is 23.5 Å². The maximum absolute atomic E-state index is 5.39. The van der Waals surface area contributed by atoms with Crippen LogP contribution >= 0.6 is 11.3 Å². The van der Waals surface area contributed by atoms with E-state index in [4.69, 9.17) is 19.2 Å². The van der Waals surface area contributed by atoms with Crippen LogP contribution in [-0.2, 0) is 6.42 Å². The third-order valence-electron chi connectivity index (χ3n) is 3.95. The number of ether oxygens (including phenoxy) is 3. The summed E-state index contributed by atoms with van der Waals surface area (Å²) in [7, 11) is 4.84. The number of nitrogens with one attached hydrogen (secondary N) is 1. The molecule has 0 radical (unpaired) electrons. The highest BCUT2D eigenvalue weighted by Crippen LogP contribution is 2.38. The van der Waals surface area contributed by atoms with Crippen LogP contribution < -0.4 is 19.5 Å². The minimum Gasteiger partial charge on any atom is -0.493 e. The van der Waals surface area contributed by atoms with Gasteiger partial charge < -0.3 is 19.5 Å². The molecule has 6 heteroatoms. The standard InChI is InChI=1S/C18H22N2O3S/c1-21-14-10-12(11-15(22-2)17(14)23-3)7-8-16-20-13-6-4-5-9-19-18(13)24-16/h7-8,10-11,19H,4-6,9H2,1-3H3/b8-7+. The van der Waals surface area contributed by atoms with E-state index in [9.17, 15) is 0 Å². The molecule has 0 saturated heterocycles. The first-order valence-corrected chi connectivity index (χ1v) is 8.78. The average molecular weight is 346 g/mol. The normalized spacial score (nSPS) is 14.0. The largest absolute Gasteiger partial charge is 0.493 e. The molecule has 0 saturated carbocycles. The van der Waals surface area contributed by atoms with Crippen LogP contribution in [-0.4, -0.2) is 32.9 Å². The molecule has 128 valence electrons. The van der Waals surface area contributed by atoms with Gasteiger partial charge in [0.15, 0.2) is 11.5 Å². The number of aryl methyl sites for hydroxylation is 1. The van der Waals surface area contributed by atoms with Crippen LogP contribution in [0.3, 0.4) is 0 Å². The van der Waals surface area contributed by atoms with Crippen LogP contribution in [0.2, 0.25) is 0 Å². The second kappa shape index (κ2) is 7.57. The average Bonchev–Trinajstić information content (AvgIpc) is 2.88. The van der Waals surface area contributed by atoms with Crippen LogP contribution in [0.5, 0.6) is 17.2 Å². The fourth-order valence-electron chi connectivity index (χ4n) is 2.73. The van der Waals surface area contributed by atoms with Crippen molar-refractivity contribution >= 4 is 28.5 Å². The minimum atomic E-state index is 0.599. The van der Waals surface area contributed by atoms with Gasteiger partial charge in [-0.25, -0.2) is 4.98 Å². The summed E-state index contributed by atoms with van der Waals surface area (Å²) in [5.74, 6) is 1.89. The summed E-state index contributed by atoms with van der Waals surface area (Å²) in [5.41, 5.74) is 2.16. The molecule has 0 amide bonds. The quantitative estimate of drug-likeness (QED) is 0.884. The van der Waals surface area contributed by atoms with E-state index in [0.29, 0.717) is 17.2 Å². The first-order chi connectivity index (χ1) is 11.7. The molecule has 0 spiro atoms. The molecule has 1 aliphatic rings. The van der Waals surface area contributed by atoms with E-state index in [1.54, 1.807) is 32.7 Å². The lowest BCUT2D eigenvalue weighted by atomic mass is 10.1. The Bertz CT molecular complexity index is 691. The molecule has 0 aliphatic carbocycles. The molecule has 2 heterocycles. The van der Waals surface area contributed by atoms with Gasteiger partial charge in [0.05, 0.1) is 27.0 Å². The van der Waals surface area contributed by atoms with Crippen molar-refractivity contribution in [2.24, 2.45) is 0 Å². The van der Waals surface area contributed by atoms with Crippen LogP contribution in [0, 0.1) is 0 Å². The van der Waals surface area contributed by atoms with Gasteiger partial charge in [0.1, 0.15) is 10.0 Å². The van der Waals surface area contributed by atoms with Crippen molar-refractivity contribution < 1.29 is 14.2 Å². The third-order valence-corrected chi connectivity index (χ3v) is 4.97. The Morgan fingerprint density at radius 2 is 1.79 bits per heavy atom. The van der Waals surface area contributed by atoms with Gasteiger partial charge in [-0.1, -0.05) is 17.4 Å². The second-order valence-electron chi connectivity index (χ2n) is 5.50. The summed E-state index contributed by atoms with van der Waals surface area (Å²) in [6, 6.07) is 3.85. The van der Waals surface area contributed by atoms with Gasteiger partial charge in [-0.15, -0.1) is 0 Å². The number of fused-ring (bicyclic) bond motifs is 1. The van der Waals surface area contributed by atoms with E-state index in [-0.39, 0.29) is 0 Å². The van der Waals surface area contributed by atoms with Crippen molar-refractivity contribution in [2.75, 3.05) is 33.2 Å². The van der Waals surface area contributed by atoms with Crippen molar-refractivity contribution in [3.63, 3.8) is 0 Å². The van der Waals surface area contributed by atoms with Crippen molar-refractivity contribution in [1.29, 1.82) is 0 Å². The molecular weight excluding hydrogens is 324 g/mol. The molecule has 0 fully saturated rings. The first kappa shape index (κ1) is 16.6. The van der Waals surface area contributed by atoms with Gasteiger partial charge in [0.2, 0.25) is 5.75 Å². The molecule has 1 aromatic carbocycles. The highest BCUT2D eigenvalue weighted by atomic mass is 32.1. The summed E-state index contributed by atoms with van der Waals surface area (Å²) in [4.78, 5) is 4.73. The number of thiazole rings is 1.